The van der Waals surface area contributed by atoms with E-state index in [1.54, 1.807) is 0 Å². The second-order valence-electron chi connectivity index (χ2n) is 4.13. The molecule has 1 rings (SSSR count). The predicted molar refractivity (Wildman–Crippen MR) is 64.3 cm³/mol. The summed E-state index contributed by atoms with van der Waals surface area (Å²) in [6.07, 6.45) is 2.38. The molecule has 0 aromatic carbocycles. The van der Waals surface area contributed by atoms with E-state index in [2.05, 4.69) is 29.1 Å². The fourth-order valence-corrected chi connectivity index (χ4v) is 1.57. The van der Waals surface area contributed by atoms with E-state index in [0.29, 0.717) is 5.28 Å². The van der Waals surface area contributed by atoms with Crippen molar-refractivity contribution in [3.8, 4) is 0 Å². The molecule has 0 spiro atoms. The Bertz CT molecular complexity index is 292. The molecule has 0 amide bonds. The van der Waals surface area contributed by atoms with Crippen molar-refractivity contribution in [2.45, 2.75) is 33.6 Å². The highest BCUT2D eigenvalue weighted by atomic mass is 35.5. The van der Waals surface area contributed by atoms with Gasteiger partial charge in [0.15, 0.2) is 0 Å². The first-order valence-corrected chi connectivity index (χ1v) is 5.71. The summed E-state index contributed by atoms with van der Waals surface area (Å²) in [7, 11) is 0. The number of hydrogen-bond donors (Lipinski definition) is 1. The number of hydrogen-bond acceptors (Lipinski definition) is 3. The summed E-state index contributed by atoms with van der Waals surface area (Å²) in [5.41, 5.74) is 0.890. The molecule has 1 N–H and O–H groups in total. The van der Waals surface area contributed by atoms with Crippen LogP contribution in [0.1, 0.15) is 32.4 Å². The van der Waals surface area contributed by atoms with Crippen LogP contribution in [0, 0.1) is 12.8 Å². The van der Waals surface area contributed by atoms with E-state index in [1.165, 1.54) is 6.42 Å². The first-order valence-electron chi connectivity index (χ1n) is 5.33. The molecule has 0 aliphatic heterocycles. The Labute approximate surface area is 96.3 Å². The van der Waals surface area contributed by atoms with Crippen LogP contribution in [0.3, 0.4) is 0 Å². The lowest BCUT2D eigenvalue weighted by atomic mass is 10.1. The van der Waals surface area contributed by atoms with E-state index >= 15 is 0 Å². The van der Waals surface area contributed by atoms with Gasteiger partial charge in [-0.2, -0.15) is 0 Å². The quantitative estimate of drug-likeness (QED) is 0.620. The van der Waals surface area contributed by atoms with Crippen molar-refractivity contribution in [2.75, 3.05) is 11.9 Å². The van der Waals surface area contributed by atoms with Crippen LogP contribution in [0.5, 0.6) is 0 Å². The summed E-state index contributed by atoms with van der Waals surface area (Å²) in [4.78, 5) is 8.10. The third-order valence-electron chi connectivity index (χ3n) is 2.09. The van der Waals surface area contributed by atoms with Gasteiger partial charge in [0.25, 0.3) is 0 Å². The molecule has 0 unspecified atom stereocenters. The minimum absolute atomic E-state index is 0.307. The number of rotatable bonds is 5. The molecule has 0 atom stereocenters. The zero-order valence-electron chi connectivity index (χ0n) is 9.55. The van der Waals surface area contributed by atoms with Crippen LogP contribution in [0.25, 0.3) is 0 Å². The van der Waals surface area contributed by atoms with Crippen LogP contribution in [0.4, 0.5) is 5.82 Å². The number of nitrogens with zero attached hydrogens (tertiary/aromatic N) is 2. The Morgan fingerprint density at radius 1 is 1.40 bits per heavy atom. The Morgan fingerprint density at radius 3 is 2.73 bits per heavy atom. The summed E-state index contributed by atoms with van der Waals surface area (Å²) in [6, 6.07) is 1.90. The summed E-state index contributed by atoms with van der Waals surface area (Å²) < 4.78 is 0. The molecule has 84 valence electrons. The summed E-state index contributed by atoms with van der Waals surface area (Å²) >= 11 is 5.75. The van der Waals surface area contributed by atoms with Gasteiger partial charge in [-0.1, -0.05) is 13.8 Å². The lowest BCUT2D eigenvalue weighted by molar-refractivity contribution is 0.566. The van der Waals surface area contributed by atoms with Crippen LogP contribution in [0.2, 0.25) is 5.28 Å². The molecule has 1 aromatic heterocycles. The fraction of sp³-hybridized carbons (Fsp3) is 0.636. The van der Waals surface area contributed by atoms with Crippen molar-refractivity contribution < 1.29 is 0 Å². The monoisotopic (exact) mass is 227 g/mol. The van der Waals surface area contributed by atoms with Crippen molar-refractivity contribution in [1.82, 2.24) is 9.97 Å². The van der Waals surface area contributed by atoms with Gasteiger partial charge < -0.3 is 5.32 Å². The zero-order valence-corrected chi connectivity index (χ0v) is 10.3. The van der Waals surface area contributed by atoms with Crippen molar-refractivity contribution in [3.05, 3.63) is 17.0 Å². The van der Waals surface area contributed by atoms with Gasteiger partial charge in [0.2, 0.25) is 5.28 Å². The molecule has 0 saturated carbocycles. The Kier molecular flexibility index (Phi) is 4.82. The number of anilines is 1. The van der Waals surface area contributed by atoms with Crippen LogP contribution in [-0.2, 0) is 0 Å². The first-order chi connectivity index (χ1) is 7.08. The number of aryl methyl sites for hydroxylation is 1. The molecular weight excluding hydrogens is 210 g/mol. The predicted octanol–water partition coefficient (Wildman–Crippen LogP) is 3.29. The number of halogens is 1. The maximum absolute atomic E-state index is 5.75. The van der Waals surface area contributed by atoms with Crippen molar-refractivity contribution >= 4 is 17.4 Å². The van der Waals surface area contributed by atoms with E-state index in [9.17, 15) is 0 Å². The van der Waals surface area contributed by atoms with E-state index in [4.69, 9.17) is 11.6 Å². The summed E-state index contributed by atoms with van der Waals surface area (Å²) in [6.45, 7) is 7.30. The molecule has 3 nitrogen and oxygen atoms in total. The fourth-order valence-electron chi connectivity index (χ4n) is 1.35. The third-order valence-corrected chi connectivity index (χ3v) is 2.26. The molecule has 1 aromatic rings. The second kappa shape index (κ2) is 5.91. The molecule has 0 aliphatic rings. The first kappa shape index (κ1) is 12.2. The number of nitrogens with one attached hydrogen (secondary N) is 1. The van der Waals surface area contributed by atoms with Crippen molar-refractivity contribution in [1.29, 1.82) is 0 Å². The van der Waals surface area contributed by atoms with E-state index in [1.807, 2.05) is 13.0 Å². The molecule has 15 heavy (non-hydrogen) atoms. The highest BCUT2D eigenvalue weighted by Gasteiger charge is 1.99. The Morgan fingerprint density at radius 2 is 2.13 bits per heavy atom. The van der Waals surface area contributed by atoms with Gasteiger partial charge in [-0.15, -0.1) is 0 Å². The van der Waals surface area contributed by atoms with Gasteiger partial charge in [-0.05, 0) is 37.3 Å². The van der Waals surface area contributed by atoms with Gasteiger partial charge >= 0.3 is 0 Å². The van der Waals surface area contributed by atoms with Crippen LogP contribution < -0.4 is 5.32 Å². The zero-order chi connectivity index (χ0) is 11.3. The van der Waals surface area contributed by atoms with Gasteiger partial charge in [0.1, 0.15) is 5.82 Å². The van der Waals surface area contributed by atoms with Gasteiger partial charge in [-0.3, -0.25) is 0 Å². The maximum atomic E-state index is 5.75. The normalized spacial score (nSPS) is 10.7. The number of aromatic nitrogens is 2. The lowest BCUT2D eigenvalue weighted by Crippen LogP contribution is -2.05. The SMILES string of the molecule is Cc1cc(NCCCC(C)C)nc(Cl)n1. The third kappa shape index (κ3) is 4.98. The van der Waals surface area contributed by atoms with E-state index in [0.717, 1.165) is 30.4 Å². The molecule has 0 saturated heterocycles. The van der Waals surface area contributed by atoms with E-state index < -0.39 is 0 Å². The maximum Gasteiger partial charge on any atom is 0.224 e. The minimum atomic E-state index is 0.307. The second-order valence-corrected chi connectivity index (χ2v) is 4.46. The molecule has 0 aliphatic carbocycles. The minimum Gasteiger partial charge on any atom is -0.370 e. The van der Waals surface area contributed by atoms with Crippen LogP contribution in [-0.4, -0.2) is 16.5 Å². The smallest absolute Gasteiger partial charge is 0.224 e. The van der Waals surface area contributed by atoms with Gasteiger partial charge in [-0.25, -0.2) is 9.97 Å². The van der Waals surface area contributed by atoms with Gasteiger partial charge in [0.05, 0.1) is 0 Å². The van der Waals surface area contributed by atoms with Gasteiger partial charge in [0, 0.05) is 18.3 Å². The summed E-state index contributed by atoms with van der Waals surface area (Å²) in [5, 5.41) is 3.55. The van der Waals surface area contributed by atoms with Crippen LogP contribution >= 0.6 is 11.6 Å². The topological polar surface area (TPSA) is 37.8 Å². The average molecular weight is 228 g/mol. The van der Waals surface area contributed by atoms with Crippen molar-refractivity contribution in [2.24, 2.45) is 5.92 Å². The standard InChI is InChI=1S/C11H18ClN3/c1-8(2)5-4-6-13-10-7-9(3)14-11(12)15-10/h7-8H,4-6H2,1-3H3,(H,13,14,15). The van der Waals surface area contributed by atoms with Crippen molar-refractivity contribution in [3.63, 3.8) is 0 Å². The molecule has 1 heterocycles. The highest BCUT2D eigenvalue weighted by molar-refractivity contribution is 6.28. The highest BCUT2D eigenvalue weighted by Crippen LogP contribution is 2.10. The molecule has 0 bridgehead atoms. The van der Waals surface area contributed by atoms with E-state index in [-0.39, 0.29) is 0 Å². The molecular formula is C11H18ClN3. The average Bonchev–Trinajstić information content (AvgIpc) is 2.10. The van der Waals surface area contributed by atoms with Crippen LogP contribution in [0.15, 0.2) is 6.07 Å². The Hall–Kier alpha value is -0.830. The summed E-state index contributed by atoms with van der Waals surface area (Å²) in [5.74, 6) is 1.57. The molecule has 0 radical (unpaired) electrons. The lowest BCUT2D eigenvalue weighted by Gasteiger charge is -2.07. The molecule has 0 fully saturated rings. The largest absolute Gasteiger partial charge is 0.370 e. The Balaban J connectivity index is 2.37. The molecule has 4 heteroatoms.